The van der Waals surface area contributed by atoms with Crippen molar-refractivity contribution >= 4 is 28.5 Å². The maximum atomic E-state index is 12.1. The second-order valence-electron chi connectivity index (χ2n) is 4.61. The molecular formula is C15H19NOS2. The molecule has 0 radical (unpaired) electrons. The molecule has 4 heteroatoms. The fourth-order valence-corrected chi connectivity index (χ4v) is 3.45. The number of carbonyl (C=O) groups excluding carboxylic acids is 1. The highest BCUT2D eigenvalue weighted by Gasteiger charge is 2.11. The van der Waals surface area contributed by atoms with E-state index in [4.69, 9.17) is 0 Å². The number of Topliss-reactive ketones (excluding diaryl/α,β-unsaturated/α-hetero) is 1. The molecule has 0 atom stereocenters. The molecule has 0 N–H and O–H groups in total. The quantitative estimate of drug-likeness (QED) is 0.725. The third kappa shape index (κ3) is 4.27. The fraction of sp³-hybridized carbons (Fsp3) is 0.400. The average Bonchev–Trinajstić information content (AvgIpc) is 3.07. The number of thiophene rings is 2. The molecule has 0 aliphatic rings. The van der Waals surface area contributed by atoms with E-state index in [2.05, 4.69) is 35.4 Å². The van der Waals surface area contributed by atoms with Gasteiger partial charge in [-0.15, -0.1) is 22.7 Å². The molecule has 2 aromatic rings. The summed E-state index contributed by atoms with van der Waals surface area (Å²) < 4.78 is 0. The van der Waals surface area contributed by atoms with E-state index >= 15 is 0 Å². The maximum absolute atomic E-state index is 12.1. The second-order valence-corrected chi connectivity index (χ2v) is 6.81. The van der Waals surface area contributed by atoms with Crippen molar-refractivity contribution in [3.63, 3.8) is 0 Å². The van der Waals surface area contributed by atoms with Crippen LogP contribution in [0.15, 0.2) is 29.6 Å². The predicted molar refractivity (Wildman–Crippen MR) is 83.5 cm³/mol. The first kappa shape index (κ1) is 14.4. The first-order valence-corrected chi connectivity index (χ1v) is 8.21. The van der Waals surface area contributed by atoms with Crippen LogP contribution in [0.4, 0.5) is 0 Å². The van der Waals surface area contributed by atoms with Crippen LogP contribution in [0, 0.1) is 0 Å². The summed E-state index contributed by atoms with van der Waals surface area (Å²) in [4.78, 5) is 17.8. The Hall–Kier alpha value is -0.970. The monoisotopic (exact) mass is 293 g/mol. The third-order valence-corrected chi connectivity index (χ3v) is 5.23. The van der Waals surface area contributed by atoms with Gasteiger partial charge >= 0.3 is 0 Å². The van der Waals surface area contributed by atoms with E-state index in [-0.39, 0.29) is 5.78 Å². The Bertz CT molecular complexity index is 516. The van der Waals surface area contributed by atoms with Gasteiger partial charge in [-0.05, 0) is 43.5 Å². The molecule has 0 aliphatic carbocycles. The van der Waals surface area contributed by atoms with Crippen molar-refractivity contribution in [1.82, 2.24) is 4.90 Å². The predicted octanol–water partition coefficient (Wildman–Crippen LogP) is 3.73. The molecule has 2 nitrogen and oxygen atoms in total. The highest BCUT2D eigenvalue weighted by Crippen LogP contribution is 2.17. The Morgan fingerprint density at radius 2 is 2.11 bits per heavy atom. The van der Waals surface area contributed by atoms with E-state index < -0.39 is 0 Å². The largest absolute Gasteiger partial charge is 0.299 e. The number of rotatable bonds is 7. The molecule has 0 amide bonds. The lowest BCUT2D eigenvalue weighted by Crippen LogP contribution is -2.27. The van der Waals surface area contributed by atoms with E-state index in [0.717, 1.165) is 24.3 Å². The number of hydrogen-bond acceptors (Lipinski definition) is 4. The van der Waals surface area contributed by atoms with Gasteiger partial charge in [0.1, 0.15) is 0 Å². The third-order valence-electron chi connectivity index (χ3n) is 3.02. The van der Waals surface area contributed by atoms with E-state index in [9.17, 15) is 4.79 Å². The zero-order valence-electron chi connectivity index (χ0n) is 11.4. The Kier molecular flexibility index (Phi) is 5.31. The summed E-state index contributed by atoms with van der Waals surface area (Å²) in [5, 5.41) is 2.10. The van der Waals surface area contributed by atoms with Gasteiger partial charge in [-0.25, -0.2) is 0 Å². The molecule has 0 saturated carbocycles. The molecule has 0 bridgehead atoms. The lowest BCUT2D eigenvalue weighted by Gasteiger charge is -2.14. The minimum Gasteiger partial charge on any atom is -0.299 e. The van der Waals surface area contributed by atoms with Crippen LogP contribution in [0.5, 0.6) is 0 Å². The summed E-state index contributed by atoms with van der Waals surface area (Å²) in [6.07, 6.45) is 2.03. The van der Waals surface area contributed by atoms with Crippen LogP contribution in [0.1, 0.15) is 26.3 Å². The average molecular weight is 293 g/mol. The molecule has 0 fully saturated rings. The van der Waals surface area contributed by atoms with Crippen LogP contribution in [-0.2, 0) is 12.8 Å². The Morgan fingerprint density at radius 3 is 2.74 bits per heavy atom. The van der Waals surface area contributed by atoms with Gasteiger partial charge in [0.15, 0.2) is 5.78 Å². The highest BCUT2D eigenvalue weighted by atomic mass is 32.1. The van der Waals surface area contributed by atoms with Gasteiger partial charge in [-0.1, -0.05) is 13.0 Å². The summed E-state index contributed by atoms with van der Waals surface area (Å²) >= 11 is 3.40. The van der Waals surface area contributed by atoms with Gasteiger partial charge in [0, 0.05) is 16.3 Å². The zero-order chi connectivity index (χ0) is 13.7. The van der Waals surface area contributed by atoms with Crippen molar-refractivity contribution in [2.75, 3.05) is 20.1 Å². The van der Waals surface area contributed by atoms with Crippen LogP contribution >= 0.6 is 22.7 Å². The van der Waals surface area contributed by atoms with Crippen molar-refractivity contribution in [2.24, 2.45) is 0 Å². The van der Waals surface area contributed by atoms with Crippen molar-refractivity contribution in [2.45, 2.75) is 19.8 Å². The summed E-state index contributed by atoms with van der Waals surface area (Å²) in [7, 11) is 2.01. The minimum atomic E-state index is 0.235. The van der Waals surface area contributed by atoms with Crippen LogP contribution in [-0.4, -0.2) is 30.8 Å². The van der Waals surface area contributed by atoms with Crippen LogP contribution in [0.3, 0.4) is 0 Å². The SMILES string of the molecule is CCc1ccc(C(=O)CN(C)CCc2cccs2)s1. The standard InChI is InChI=1S/C15H19NOS2/c1-3-12-6-7-15(19-12)14(17)11-16(2)9-8-13-5-4-10-18-13/h4-7,10H,3,8-9,11H2,1-2H3. The lowest BCUT2D eigenvalue weighted by molar-refractivity contribution is 0.0951. The van der Waals surface area contributed by atoms with Gasteiger partial charge in [-0.2, -0.15) is 0 Å². The first-order valence-electron chi connectivity index (χ1n) is 6.52. The molecule has 0 aromatic carbocycles. The Morgan fingerprint density at radius 1 is 1.26 bits per heavy atom. The molecule has 0 aliphatic heterocycles. The molecule has 0 spiro atoms. The zero-order valence-corrected chi connectivity index (χ0v) is 13.0. The number of carbonyl (C=O) groups is 1. The van der Waals surface area contributed by atoms with Crippen LogP contribution < -0.4 is 0 Å². The first-order chi connectivity index (χ1) is 9.19. The number of nitrogens with zero attached hydrogens (tertiary/aromatic N) is 1. The molecule has 19 heavy (non-hydrogen) atoms. The molecule has 2 rings (SSSR count). The molecule has 0 unspecified atom stereocenters. The van der Waals surface area contributed by atoms with E-state index in [1.807, 2.05) is 13.1 Å². The second kappa shape index (κ2) is 6.98. The molecule has 2 aromatic heterocycles. The number of likely N-dealkylation sites (N-methyl/N-ethyl adjacent to an activating group) is 1. The maximum Gasteiger partial charge on any atom is 0.186 e. The number of ketones is 1. The highest BCUT2D eigenvalue weighted by molar-refractivity contribution is 7.14. The molecule has 0 saturated heterocycles. The Balaban J connectivity index is 1.81. The van der Waals surface area contributed by atoms with Gasteiger partial charge in [-0.3, -0.25) is 9.69 Å². The van der Waals surface area contributed by atoms with Gasteiger partial charge < -0.3 is 0 Å². The molecular weight excluding hydrogens is 274 g/mol. The Labute approximate surface area is 122 Å². The van der Waals surface area contributed by atoms with Crippen molar-refractivity contribution in [3.05, 3.63) is 44.3 Å². The van der Waals surface area contributed by atoms with Gasteiger partial charge in [0.05, 0.1) is 11.4 Å². The smallest absolute Gasteiger partial charge is 0.186 e. The van der Waals surface area contributed by atoms with E-state index in [0.29, 0.717) is 6.54 Å². The number of hydrogen-bond donors (Lipinski definition) is 0. The van der Waals surface area contributed by atoms with Crippen molar-refractivity contribution in [3.8, 4) is 0 Å². The summed E-state index contributed by atoms with van der Waals surface area (Å²) in [6.45, 7) is 3.56. The van der Waals surface area contributed by atoms with Crippen LogP contribution in [0.25, 0.3) is 0 Å². The lowest BCUT2D eigenvalue weighted by atomic mass is 10.2. The summed E-state index contributed by atoms with van der Waals surface area (Å²) in [5.41, 5.74) is 0. The minimum absolute atomic E-state index is 0.235. The van der Waals surface area contributed by atoms with Gasteiger partial charge in [0.2, 0.25) is 0 Å². The van der Waals surface area contributed by atoms with Crippen molar-refractivity contribution in [1.29, 1.82) is 0 Å². The van der Waals surface area contributed by atoms with Crippen LogP contribution in [0.2, 0.25) is 0 Å². The summed E-state index contributed by atoms with van der Waals surface area (Å²) in [6, 6.07) is 8.23. The van der Waals surface area contributed by atoms with E-state index in [1.54, 1.807) is 22.7 Å². The summed E-state index contributed by atoms with van der Waals surface area (Å²) in [5.74, 6) is 0.235. The van der Waals surface area contributed by atoms with Crippen molar-refractivity contribution < 1.29 is 4.79 Å². The molecule has 102 valence electrons. The topological polar surface area (TPSA) is 20.3 Å². The number of aryl methyl sites for hydroxylation is 1. The van der Waals surface area contributed by atoms with Gasteiger partial charge in [0.25, 0.3) is 0 Å². The van der Waals surface area contributed by atoms with E-state index in [1.165, 1.54) is 9.75 Å². The normalized spacial score (nSPS) is 11.1. The fourth-order valence-electron chi connectivity index (χ4n) is 1.88. The molecule has 2 heterocycles.